The second kappa shape index (κ2) is 9.68. The van der Waals surface area contributed by atoms with Crippen molar-refractivity contribution >= 4 is 28.8 Å². The highest BCUT2D eigenvalue weighted by molar-refractivity contribution is 6.00. The van der Waals surface area contributed by atoms with Gasteiger partial charge in [0.25, 0.3) is 0 Å². The maximum atomic E-state index is 12.9. The molecular formula is C20H25N3O7. The molecule has 1 atom stereocenters. The van der Waals surface area contributed by atoms with Crippen LogP contribution in [0.5, 0.6) is 0 Å². The molecule has 0 spiro atoms. The van der Waals surface area contributed by atoms with Gasteiger partial charge in [0.05, 0.1) is 24.2 Å². The molecule has 0 saturated carbocycles. The number of benzene rings is 1. The minimum Gasteiger partial charge on any atom is -0.480 e. The number of imidazole rings is 1. The number of carbonyl (C=O) groups excluding carboxylic acids is 2. The van der Waals surface area contributed by atoms with Crippen LogP contribution in [-0.2, 0) is 37.3 Å². The number of hydrogen-bond donors (Lipinski definition) is 2. The van der Waals surface area contributed by atoms with Crippen molar-refractivity contribution in [3.05, 3.63) is 34.2 Å². The number of carbonyl (C=O) groups is 3. The second-order valence-corrected chi connectivity index (χ2v) is 7.13. The Bertz CT molecular complexity index is 1010. The number of carboxylic acid groups (broad SMARTS) is 1. The lowest BCUT2D eigenvalue weighted by molar-refractivity contribution is -0.142. The minimum atomic E-state index is -1.02. The van der Waals surface area contributed by atoms with E-state index in [9.17, 15) is 19.2 Å². The number of fused-ring (bicyclic) bond motifs is 1. The Hall–Kier alpha value is -2.98. The fourth-order valence-corrected chi connectivity index (χ4v) is 3.70. The maximum absolute atomic E-state index is 12.9. The van der Waals surface area contributed by atoms with Crippen LogP contribution in [0.15, 0.2) is 23.0 Å². The molecule has 1 fully saturated rings. The first kappa shape index (κ1) is 21.7. The van der Waals surface area contributed by atoms with E-state index in [0.717, 1.165) is 11.1 Å². The molecule has 1 aliphatic heterocycles. The fraction of sp³-hybridized carbons (Fsp3) is 0.500. The summed E-state index contributed by atoms with van der Waals surface area (Å²) in [5.74, 6) is -1.79. The normalized spacial score (nSPS) is 16.8. The Balaban J connectivity index is 1.67. The average molecular weight is 419 g/mol. The highest BCUT2D eigenvalue weighted by atomic mass is 16.5. The van der Waals surface area contributed by atoms with Crippen molar-refractivity contribution in [2.45, 2.75) is 31.7 Å². The Morgan fingerprint density at radius 1 is 1.20 bits per heavy atom. The lowest BCUT2D eigenvalue weighted by Crippen LogP contribution is -2.44. The molecule has 10 heteroatoms. The van der Waals surface area contributed by atoms with E-state index in [4.69, 9.17) is 14.6 Å². The van der Waals surface area contributed by atoms with Gasteiger partial charge in [-0.25, -0.2) is 9.59 Å². The van der Waals surface area contributed by atoms with Crippen molar-refractivity contribution in [3.63, 3.8) is 0 Å². The van der Waals surface area contributed by atoms with Gasteiger partial charge in [0.1, 0.15) is 12.6 Å². The average Bonchev–Trinajstić information content (AvgIpc) is 2.95. The smallest absolute Gasteiger partial charge is 0.329 e. The van der Waals surface area contributed by atoms with Crippen molar-refractivity contribution in [2.24, 2.45) is 7.05 Å². The topological polar surface area (TPSA) is 129 Å². The van der Waals surface area contributed by atoms with Gasteiger partial charge >= 0.3 is 11.7 Å². The van der Waals surface area contributed by atoms with E-state index in [1.54, 1.807) is 13.1 Å². The Kier molecular flexibility index (Phi) is 7.01. The highest BCUT2D eigenvalue weighted by Gasteiger charge is 2.31. The molecule has 1 aliphatic rings. The molecule has 1 aromatic carbocycles. The van der Waals surface area contributed by atoms with Crippen LogP contribution >= 0.6 is 0 Å². The van der Waals surface area contributed by atoms with E-state index in [1.807, 2.05) is 12.1 Å². The van der Waals surface area contributed by atoms with Crippen LogP contribution in [0.2, 0.25) is 0 Å². The number of piperidine rings is 1. The summed E-state index contributed by atoms with van der Waals surface area (Å²) in [6.07, 6.45) is 1.87. The zero-order valence-electron chi connectivity index (χ0n) is 16.8. The first-order valence-electron chi connectivity index (χ1n) is 9.80. The van der Waals surface area contributed by atoms with Gasteiger partial charge in [0.15, 0.2) is 0 Å². The molecule has 10 nitrogen and oxygen atoms in total. The first-order valence-corrected chi connectivity index (χ1v) is 9.80. The Morgan fingerprint density at radius 3 is 2.70 bits per heavy atom. The number of nitrogens with one attached hydrogen (secondary N) is 1. The number of aliphatic carboxylic acids is 1. The molecule has 2 amide bonds. The molecule has 1 unspecified atom stereocenters. The van der Waals surface area contributed by atoms with Gasteiger partial charge in [0.2, 0.25) is 11.8 Å². The van der Waals surface area contributed by atoms with E-state index in [1.165, 1.54) is 9.13 Å². The number of rotatable bonds is 10. The molecule has 0 aliphatic carbocycles. The van der Waals surface area contributed by atoms with Crippen molar-refractivity contribution in [1.29, 1.82) is 0 Å². The number of aromatic nitrogens is 2. The van der Waals surface area contributed by atoms with Gasteiger partial charge < -0.3 is 14.6 Å². The molecule has 2 aromatic rings. The zero-order chi connectivity index (χ0) is 21.7. The van der Waals surface area contributed by atoms with E-state index in [0.29, 0.717) is 38.0 Å². The third-order valence-corrected chi connectivity index (χ3v) is 5.04. The predicted molar refractivity (Wildman–Crippen MR) is 106 cm³/mol. The second-order valence-electron chi connectivity index (χ2n) is 7.13. The molecule has 1 saturated heterocycles. The van der Waals surface area contributed by atoms with Crippen LogP contribution in [-0.4, -0.2) is 58.5 Å². The largest absolute Gasteiger partial charge is 0.480 e. The maximum Gasteiger partial charge on any atom is 0.329 e. The first-order chi connectivity index (χ1) is 14.4. The van der Waals surface area contributed by atoms with E-state index in [2.05, 4.69) is 5.32 Å². The van der Waals surface area contributed by atoms with Gasteiger partial charge in [-0.1, -0.05) is 12.1 Å². The van der Waals surface area contributed by atoms with Crippen LogP contribution < -0.4 is 11.0 Å². The molecule has 0 bridgehead atoms. The molecule has 30 heavy (non-hydrogen) atoms. The molecule has 2 heterocycles. The number of nitrogens with zero attached hydrogens (tertiary/aromatic N) is 2. The van der Waals surface area contributed by atoms with Crippen LogP contribution in [0.3, 0.4) is 0 Å². The Labute approximate surface area is 172 Å². The fourth-order valence-electron chi connectivity index (χ4n) is 3.70. The number of hydrogen-bond acceptors (Lipinski definition) is 6. The standard InChI is InChI=1S/C20H25N3O7/c1-22-18-13(5-3-9-29-10-11-30-12-17(25)26)4-2-6-14(18)23(20(22)28)15-7-8-16(24)21-19(15)27/h2,4,6,15H,3,5,7-12H2,1H3,(H,25,26)(H,21,24,27). The summed E-state index contributed by atoms with van der Waals surface area (Å²) < 4.78 is 13.4. The van der Waals surface area contributed by atoms with E-state index >= 15 is 0 Å². The van der Waals surface area contributed by atoms with Gasteiger partial charge in [-0.05, 0) is 30.9 Å². The van der Waals surface area contributed by atoms with Crippen molar-refractivity contribution in [1.82, 2.24) is 14.5 Å². The Morgan fingerprint density at radius 2 is 1.97 bits per heavy atom. The number of para-hydroxylation sites is 1. The number of aryl methyl sites for hydroxylation is 2. The van der Waals surface area contributed by atoms with Crippen LogP contribution in [0, 0.1) is 0 Å². The number of amides is 2. The van der Waals surface area contributed by atoms with Crippen molar-refractivity contribution < 1.29 is 29.0 Å². The third-order valence-electron chi connectivity index (χ3n) is 5.04. The van der Waals surface area contributed by atoms with Gasteiger partial charge in [-0.15, -0.1) is 0 Å². The summed E-state index contributed by atoms with van der Waals surface area (Å²) in [6, 6.07) is 4.88. The molecule has 3 rings (SSSR count). The molecule has 0 radical (unpaired) electrons. The van der Waals surface area contributed by atoms with Crippen LogP contribution in [0.25, 0.3) is 11.0 Å². The lowest BCUT2D eigenvalue weighted by atomic mass is 10.0. The molecular weight excluding hydrogens is 394 g/mol. The summed E-state index contributed by atoms with van der Waals surface area (Å²) in [6.45, 7) is 0.644. The number of ether oxygens (including phenoxy) is 2. The summed E-state index contributed by atoms with van der Waals surface area (Å²) in [7, 11) is 1.67. The summed E-state index contributed by atoms with van der Waals surface area (Å²) >= 11 is 0. The SMILES string of the molecule is Cn1c(=O)n(C2CCC(=O)NC2=O)c2cccc(CCCOCCOCC(=O)O)c21. The summed E-state index contributed by atoms with van der Waals surface area (Å²) in [5, 5.41) is 10.8. The highest BCUT2D eigenvalue weighted by Crippen LogP contribution is 2.25. The van der Waals surface area contributed by atoms with Gasteiger partial charge in [-0.3, -0.25) is 24.0 Å². The van der Waals surface area contributed by atoms with Crippen LogP contribution in [0.4, 0.5) is 0 Å². The van der Waals surface area contributed by atoms with Crippen LogP contribution in [0.1, 0.15) is 30.9 Å². The number of carboxylic acids is 1. The zero-order valence-corrected chi connectivity index (χ0v) is 16.8. The monoisotopic (exact) mass is 419 g/mol. The van der Waals surface area contributed by atoms with E-state index in [-0.39, 0.29) is 31.2 Å². The number of imide groups is 1. The molecule has 1 aromatic heterocycles. The van der Waals surface area contributed by atoms with Crippen molar-refractivity contribution in [2.75, 3.05) is 26.4 Å². The third kappa shape index (κ3) is 4.77. The lowest BCUT2D eigenvalue weighted by Gasteiger charge is -2.21. The summed E-state index contributed by atoms with van der Waals surface area (Å²) in [4.78, 5) is 47.0. The van der Waals surface area contributed by atoms with E-state index < -0.39 is 17.9 Å². The molecule has 162 valence electrons. The molecule has 2 N–H and O–H groups in total. The van der Waals surface area contributed by atoms with Gasteiger partial charge in [-0.2, -0.15) is 0 Å². The predicted octanol–water partition coefficient (Wildman–Crippen LogP) is 0.368. The van der Waals surface area contributed by atoms with Crippen molar-refractivity contribution in [3.8, 4) is 0 Å². The van der Waals surface area contributed by atoms with Gasteiger partial charge in [0, 0.05) is 20.1 Å². The summed E-state index contributed by atoms with van der Waals surface area (Å²) in [5.41, 5.74) is 2.09. The quantitative estimate of drug-likeness (QED) is 0.420. The minimum absolute atomic E-state index is 0.201.